The third kappa shape index (κ3) is 16.4. The van der Waals surface area contributed by atoms with E-state index in [1.807, 2.05) is 100 Å². The first-order chi connectivity index (χ1) is 54.3. The van der Waals surface area contributed by atoms with Crippen LogP contribution in [-0.2, 0) is 82.8 Å². The van der Waals surface area contributed by atoms with Crippen LogP contribution in [0, 0.1) is 23.7 Å². The van der Waals surface area contributed by atoms with Gasteiger partial charge in [0.15, 0.2) is 48.2 Å². The van der Waals surface area contributed by atoms with Crippen molar-refractivity contribution < 1.29 is 91.0 Å². The highest BCUT2D eigenvalue weighted by atomic mass is 35.5. The van der Waals surface area contributed by atoms with Crippen molar-refractivity contribution in [1.29, 1.82) is 0 Å². The molecular weight excluding hydrogens is 1520 g/mol. The van der Waals surface area contributed by atoms with Crippen LogP contribution in [0.5, 0.6) is 17.6 Å². The highest BCUT2D eigenvalue weighted by Crippen LogP contribution is 2.52. The van der Waals surface area contributed by atoms with Gasteiger partial charge in [0.05, 0.1) is 135 Å². The second kappa shape index (κ2) is 32.0. The molecule has 28 heteroatoms. The Labute approximate surface area is 667 Å². The van der Waals surface area contributed by atoms with E-state index in [1.54, 1.807) is 27.7 Å². The van der Waals surface area contributed by atoms with Crippen LogP contribution in [0.2, 0.25) is 15.1 Å². The molecule has 113 heavy (non-hydrogen) atoms. The van der Waals surface area contributed by atoms with Crippen molar-refractivity contribution in [2.24, 2.45) is 23.7 Å². The van der Waals surface area contributed by atoms with E-state index in [0.717, 1.165) is 99.5 Å². The summed E-state index contributed by atoms with van der Waals surface area (Å²) in [6.07, 6.45) is 1.56. The van der Waals surface area contributed by atoms with Gasteiger partial charge >= 0.3 is 23.9 Å². The van der Waals surface area contributed by atoms with Gasteiger partial charge in [0.1, 0.15) is 55.9 Å². The van der Waals surface area contributed by atoms with E-state index in [0.29, 0.717) is 94.9 Å². The minimum atomic E-state index is -0.620. The van der Waals surface area contributed by atoms with Gasteiger partial charge in [-0.25, -0.2) is 15.0 Å². The van der Waals surface area contributed by atoms with Crippen LogP contribution in [0.4, 0.5) is 0 Å². The maximum Gasteiger partial charge on any atom is 0.308 e. The summed E-state index contributed by atoms with van der Waals surface area (Å²) in [5, 5.41) is 21.2. The van der Waals surface area contributed by atoms with E-state index in [4.69, 9.17) is 111 Å². The average Bonchev–Trinajstić information content (AvgIpc) is 1.62. The zero-order valence-corrected chi connectivity index (χ0v) is 66.3. The molecule has 9 aromatic rings. The van der Waals surface area contributed by atoms with Crippen LogP contribution in [-0.4, -0.2) is 197 Å². The predicted molar refractivity (Wildman–Crippen MR) is 418 cm³/mol. The van der Waals surface area contributed by atoms with Gasteiger partial charge in [0.2, 0.25) is 0 Å². The molecule has 0 bridgehead atoms. The molecule has 6 aromatic heterocycles. The van der Waals surface area contributed by atoms with Gasteiger partial charge in [0, 0.05) is 51.1 Å². The number of aromatic amines is 3. The number of hydrogen-bond acceptors (Lipinski definition) is 22. The third-order valence-corrected chi connectivity index (χ3v) is 23.8. The van der Waals surface area contributed by atoms with Crippen LogP contribution in [0.1, 0.15) is 111 Å². The van der Waals surface area contributed by atoms with Gasteiger partial charge in [-0.3, -0.25) is 19.2 Å². The fourth-order valence-electron chi connectivity index (χ4n) is 15.4. The number of carbonyl (C=O) groups is 4. The van der Waals surface area contributed by atoms with E-state index in [-0.39, 0.29) is 139 Å². The summed E-state index contributed by atoms with van der Waals surface area (Å²) < 4.78 is 75.5. The zero-order valence-electron chi connectivity index (χ0n) is 64.0. The van der Waals surface area contributed by atoms with Crippen molar-refractivity contribution in [3.63, 3.8) is 0 Å². The number of esters is 4. The topological polar surface area (TPSA) is 315 Å². The molecule has 9 aliphatic rings. The Balaban J connectivity index is 0.000000128. The van der Waals surface area contributed by atoms with E-state index in [2.05, 4.69) is 51.4 Å². The smallest absolute Gasteiger partial charge is 0.308 e. The fourth-order valence-corrected chi connectivity index (χ4v) is 16.2. The Hall–Kier alpha value is -8.44. The number of pyridine rings is 3. The Morgan fingerprint density at radius 3 is 1.00 bits per heavy atom. The van der Waals surface area contributed by atoms with Crippen molar-refractivity contribution in [2.45, 2.75) is 183 Å². The molecule has 3 saturated carbocycles. The maximum atomic E-state index is 12.0. The predicted octanol–water partition coefficient (Wildman–Crippen LogP) is 13.3. The summed E-state index contributed by atoms with van der Waals surface area (Å²) in [4.78, 5) is 72.0. The molecule has 25 nitrogen and oxygen atoms in total. The number of nitrogens with zero attached hydrogens (tertiary/aromatic N) is 3. The standard InChI is InChI=1S/C31H35ClN2O7.2C27H29ClN2O6/c1-16(2)29(35)39-15-31(9-10-31)19-7-5-18(6-8-19)26-20(32)11-21-22(34-26)12-25(33-21)40-23-13-37-28-24(14-38-27(23)28)41-30(36)17(3)4;1-14(2)26(32)35-13-27(7-8-27)16-5-3-15(4-6-16)23-17(28)9-18-19(30-23)10-22(29-18)36-21-12-34-24-20(31)11-33-25(21)24;1-14(2)26(32)36-21-12-34-24-20(11-33-25(21)24)35-22-10-19-18(29-22)9-17(28)23(30-19)15-3-5-16(6-4-15)27(13-31)7-8-27/h5-8,11-12,16-17,23-24,27-28,33H,9-10,13-15H2,1-4H3;2*3-6,9-10,14,20-21,24-25,29,31H,7-8,11-13H2,1-2H3/t23-,24-,27-,28-;2*20-,21-,24-,25-/m111/s1. The Morgan fingerprint density at radius 2 is 0.690 bits per heavy atom. The van der Waals surface area contributed by atoms with Crippen LogP contribution in [0.15, 0.2) is 109 Å². The van der Waals surface area contributed by atoms with Crippen molar-refractivity contribution in [3.8, 4) is 51.4 Å². The molecule has 12 atom stereocenters. The second-order valence-electron chi connectivity index (χ2n) is 32.5. The molecule has 3 aromatic carbocycles. The van der Waals surface area contributed by atoms with Gasteiger partial charge in [-0.15, -0.1) is 0 Å². The van der Waals surface area contributed by atoms with Crippen molar-refractivity contribution >= 4 is 91.8 Å². The average molecular weight is 1610 g/mol. The molecule has 0 unspecified atom stereocenters. The molecule has 0 amide bonds. The minimum absolute atomic E-state index is 0.0747. The van der Waals surface area contributed by atoms with E-state index in [1.165, 1.54) is 0 Å². The lowest BCUT2D eigenvalue weighted by Crippen LogP contribution is -2.36. The molecule has 6 saturated heterocycles. The number of hydrogen-bond donors (Lipinski definition) is 5. The Bertz CT molecular complexity index is 5000. The monoisotopic (exact) mass is 1610 g/mol. The number of halogens is 3. The van der Waals surface area contributed by atoms with Gasteiger partial charge < -0.3 is 86.7 Å². The first kappa shape index (κ1) is 78.4. The highest BCUT2D eigenvalue weighted by molar-refractivity contribution is 6.34. The Morgan fingerprint density at radius 1 is 0.407 bits per heavy atom. The first-order valence-electron chi connectivity index (χ1n) is 39.0. The largest absolute Gasteiger partial charge is 0.470 e. The number of benzene rings is 3. The molecule has 3 aliphatic carbocycles. The van der Waals surface area contributed by atoms with E-state index < -0.39 is 18.3 Å². The third-order valence-electron chi connectivity index (χ3n) is 22.9. The lowest BCUT2D eigenvalue weighted by molar-refractivity contribution is -0.158. The molecule has 6 aliphatic heterocycles. The summed E-state index contributed by atoms with van der Waals surface area (Å²) >= 11 is 19.9. The van der Waals surface area contributed by atoms with Crippen LogP contribution in [0.3, 0.4) is 0 Å². The first-order valence-corrected chi connectivity index (χ1v) is 40.1. The number of rotatable bonds is 23. The van der Waals surface area contributed by atoms with Gasteiger partial charge in [-0.05, 0) is 73.4 Å². The van der Waals surface area contributed by atoms with E-state index >= 15 is 0 Å². The lowest BCUT2D eigenvalue weighted by atomic mass is 9.95. The molecular formula is C85H93Cl3N6O19. The number of H-pyrrole nitrogens is 3. The highest BCUT2D eigenvalue weighted by Gasteiger charge is 2.54. The van der Waals surface area contributed by atoms with Crippen molar-refractivity contribution in [2.75, 3.05) is 59.5 Å². The number of aliphatic hydroxyl groups is 2. The summed E-state index contributed by atoms with van der Waals surface area (Å²) in [7, 11) is 0. The van der Waals surface area contributed by atoms with Gasteiger partial charge in [-0.2, -0.15) is 0 Å². The molecule has 0 spiro atoms. The molecule has 12 heterocycles. The van der Waals surface area contributed by atoms with Crippen LogP contribution in [0.25, 0.3) is 66.9 Å². The molecule has 18 rings (SSSR count). The van der Waals surface area contributed by atoms with Gasteiger partial charge in [0.25, 0.3) is 0 Å². The number of aromatic nitrogens is 6. The quantitative estimate of drug-likeness (QED) is 0.0293. The zero-order chi connectivity index (χ0) is 78.9. The van der Waals surface area contributed by atoms with Crippen LogP contribution < -0.4 is 14.2 Å². The molecule has 0 radical (unpaired) electrons. The summed E-state index contributed by atoms with van der Waals surface area (Å²) in [6.45, 7) is 17.4. The number of aliphatic hydroxyl groups excluding tert-OH is 2. The van der Waals surface area contributed by atoms with Crippen molar-refractivity contribution in [3.05, 3.63) is 141 Å². The second-order valence-corrected chi connectivity index (χ2v) is 33.7. The normalized spacial score (nSPS) is 25.7. The lowest BCUT2D eigenvalue weighted by Gasteiger charge is -2.18. The summed E-state index contributed by atoms with van der Waals surface area (Å²) in [5.74, 6) is 0.0762. The maximum absolute atomic E-state index is 12.0. The minimum Gasteiger partial charge on any atom is -0.470 e. The number of nitrogens with one attached hydrogen (secondary N) is 3. The fraction of sp³-hybridized carbons (Fsp3) is 0.494. The van der Waals surface area contributed by atoms with E-state index in [9.17, 15) is 29.4 Å². The number of carbonyl (C=O) groups excluding carboxylic acids is 4. The van der Waals surface area contributed by atoms with Gasteiger partial charge in [-0.1, -0.05) is 163 Å². The Kier molecular flexibility index (Phi) is 22.2. The summed E-state index contributed by atoms with van der Waals surface area (Å²) in [6, 6.07) is 35.5. The molecule has 598 valence electrons. The molecule has 5 N–H and O–H groups in total. The molecule has 9 fully saturated rings. The number of fused-ring (bicyclic) bond motifs is 6. The SMILES string of the molecule is CC(C)C(=O)OCC1(c2ccc(-c3nc4cc(O[C@@H]5CO[C@H]6[C@@H]5OC[C@H]6O)[nH]c4cc3Cl)cc2)CC1.CC(C)C(=O)OCC1(c2ccc(-c3nc4cc(O[C@@H]5CO[C@H]6[C@@H]5OC[C@H]6OC(=O)C(C)C)[nH]c4cc3Cl)cc2)CC1.CC(C)C(=O)O[C@@H]1CO[C@H]2[C@@H]1OC[C@H]2Oc1cc2nc(-c3ccc(C4(CO)CC4)cc3)c(Cl)cc2[nH]1. The number of ether oxygens (including phenoxy) is 13. The summed E-state index contributed by atoms with van der Waals surface area (Å²) in [5.41, 5.74) is 12.4. The van der Waals surface area contributed by atoms with Crippen LogP contribution >= 0.6 is 34.8 Å². The van der Waals surface area contributed by atoms with Crippen molar-refractivity contribution in [1.82, 2.24) is 29.9 Å².